The van der Waals surface area contributed by atoms with Crippen molar-refractivity contribution < 1.29 is 24.2 Å². The summed E-state index contributed by atoms with van der Waals surface area (Å²) >= 11 is 0. The van der Waals surface area contributed by atoms with Gasteiger partial charge >= 0.3 is 6.09 Å². The number of hydrogen-bond donors (Lipinski definition) is 1. The topological polar surface area (TPSA) is 100 Å². The van der Waals surface area contributed by atoms with E-state index in [1.807, 2.05) is 44.7 Å². The molecular weight excluding hydrogens is 362 g/mol. The minimum atomic E-state index is -0.579. The quantitative estimate of drug-likeness (QED) is 0.771. The first-order valence-electron chi connectivity index (χ1n) is 9.46. The summed E-state index contributed by atoms with van der Waals surface area (Å²) in [6.45, 7) is 9.33. The highest BCUT2D eigenvalue weighted by Gasteiger charge is 2.25. The highest BCUT2D eigenvalue weighted by Crippen LogP contribution is 2.18. The van der Waals surface area contributed by atoms with Gasteiger partial charge in [0.2, 0.25) is 5.91 Å². The van der Waals surface area contributed by atoms with Gasteiger partial charge in [0.15, 0.2) is 0 Å². The van der Waals surface area contributed by atoms with E-state index in [0.717, 1.165) is 31.5 Å². The van der Waals surface area contributed by atoms with E-state index in [1.54, 1.807) is 6.20 Å². The van der Waals surface area contributed by atoms with Crippen molar-refractivity contribution in [3.63, 3.8) is 0 Å². The molecule has 0 atom stereocenters. The fourth-order valence-electron chi connectivity index (χ4n) is 2.80. The summed E-state index contributed by atoms with van der Waals surface area (Å²) in [6.07, 6.45) is 4.44. The summed E-state index contributed by atoms with van der Waals surface area (Å²) in [5.41, 5.74) is 0.441. The minimum Gasteiger partial charge on any atom is -0.483 e. The standard InChI is InChI=1S/C19H29N3O3.CH2O2/c1-15-9-10-20-16(14-15)22(18(24)25-19(2,3)4)13-7-8-17(23)21-11-5-6-12-21;2-1-3/h9-10,14H,5-8,11-13H2,1-4H3;1H,(H,2,3). The Kier molecular flexibility index (Phi) is 9.41. The maximum absolute atomic E-state index is 12.6. The van der Waals surface area contributed by atoms with Crippen molar-refractivity contribution in [1.29, 1.82) is 0 Å². The van der Waals surface area contributed by atoms with Gasteiger partial charge in [-0.25, -0.2) is 9.78 Å². The summed E-state index contributed by atoms with van der Waals surface area (Å²) in [5.74, 6) is 0.724. The number of carbonyl (C=O) groups excluding carboxylic acids is 2. The Morgan fingerprint density at radius 3 is 2.46 bits per heavy atom. The lowest BCUT2D eigenvalue weighted by molar-refractivity contribution is -0.130. The molecule has 1 N–H and O–H groups in total. The summed E-state index contributed by atoms with van der Waals surface area (Å²) in [5, 5.41) is 6.89. The van der Waals surface area contributed by atoms with Gasteiger partial charge in [-0.1, -0.05) is 0 Å². The molecule has 0 spiro atoms. The minimum absolute atomic E-state index is 0.166. The van der Waals surface area contributed by atoms with Gasteiger partial charge < -0.3 is 14.7 Å². The molecule has 2 heterocycles. The Morgan fingerprint density at radius 1 is 1.32 bits per heavy atom. The van der Waals surface area contributed by atoms with E-state index in [2.05, 4.69) is 4.98 Å². The first kappa shape index (κ1) is 23.4. The molecule has 1 saturated heterocycles. The molecule has 2 amide bonds. The highest BCUT2D eigenvalue weighted by atomic mass is 16.6. The van der Waals surface area contributed by atoms with E-state index in [1.165, 1.54) is 4.90 Å². The molecule has 2 rings (SSSR count). The number of hydrogen-bond acceptors (Lipinski definition) is 5. The average Bonchev–Trinajstić information content (AvgIpc) is 3.12. The Hall–Kier alpha value is -2.64. The van der Waals surface area contributed by atoms with Crippen LogP contribution in [0, 0.1) is 6.92 Å². The monoisotopic (exact) mass is 393 g/mol. The molecule has 0 saturated carbocycles. The van der Waals surface area contributed by atoms with Crippen molar-refractivity contribution in [3.8, 4) is 0 Å². The van der Waals surface area contributed by atoms with Crippen molar-refractivity contribution >= 4 is 24.3 Å². The van der Waals surface area contributed by atoms with E-state index in [9.17, 15) is 9.59 Å². The second-order valence-electron chi connectivity index (χ2n) is 7.62. The lowest BCUT2D eigenvalue weighted by Crippen LogP contribution is -2.38. The number of carbonyl (C=O) groups is 3. The van der Waals surface area contributed by atoms with Crippen LogP contribution in [-0.2, 0) is 14.3 Å². The summed E-state index contributed by atoms with van der Waals surface area (Å²) in [6, 6.07) is 3.74. The molecule has 1 aliphatic heterocycles. The third kappa shape index (κ3) is 8.37. The number of rotatable bonds is 5. The number of aromatic nitrogens is 1. The molecule has 28 heavy (non-hydrogen) atoms. The number of ether oxygens (including phenoxy) is 1. The molecule has 1 aliphatic rings. The van der Waals surface area contributed by atoms with Crippen molar-refractivity contribution in [2.45, 2.75) is 59.0 Å². The van der Waals surface area contributed by atoms with Crippen molar-refractivity contribution in [2.75, 3.05) is 24.5 Å². The largest absolute Gasteiger partial charge is 0.483 e. The number of amides is 2. The van der Waals surface area contributed by atoms with E-state index < -0.39 is 11.7 Å². The second-order valence-corrected chi connectivity index (χ2v) is 7.62. The highest BCUT2D eigenvalue weighted by molar-refractivity contribution is 5.86. The SMILES string of the molecule is Cc1ccnc(N(CCCC(=O)N2CCCC2)C(=O)OC(C)(C)C)c1.O=CO. The summed E-state index contributed by atoms with van der Waals surface area (Å²) < 4.78 is 5.50. The van der Waals surface area contributed by atoms with E-state index >= 15 is 0 Å². The first-order valence-corrected chi connectivity index (χ1v) is 9.46. The Balaban J connectivity index is 0.00000122. The van der Waals surface area contributed by atoms with Crippen LogP contribution < -0.4 is 4.90 Å². The molecule has 1 aromatic rings. The third-order valence-corrected chi connectivity index (χ3v) is 4.02. The number of aryl methyl sites for hydroxylation is 1. The van der Waals surface area contributed by atoms with Crippen LogP contribution >= 0.6 is 0 Å². The predicted octanol–water partition coefficient (Wildman–Crippen LogP) is 3.23. The van der Waals surface area contributed by atoms with Crippen LogP contribution in [0.2, 0.25) is 0 Å². The van der Waals surface area contributed by atoms with Crippen LogP contribution in [0.3, 0.4) is 0 Å². The van der Waals surface area contributed by atoms with Gasteiger partial charge in [0.25, 0.3) is 6.47 Å². The first-order chi connectivity index (χ1) is 13.2. The molecule has 0 unspecified atom stereocenters. The maximum atomic E-state index is 12.6. The van der Waals surface area contributed by atoms with Crippen LogP contribution in [-0.4, -0.2) is 58.7 Å². The van der Waals surface area contributed by atoms with Gasteiger partial charge in [0, 0.05) is 32.3 Å². The van der Waals surface area contributed by atoms with Crippen molar-refractivity contribution in [1.82, 2.24) is 9.88 Å². The van der Waals surface area contributed by atoms with Crippen LogP contribution in [0.4, 0.5) is 10.6 Å². The summed E-state index contributed by atoms with van der Waals surface area (Å²) in [7, 11) is 0. The van der Waals surface area contributed by atoms with Gasteiger partial charge in [-0.2, -0.15) is 0 Å². The van der Waals surface area contributed by atoms with Gasteiger partial charge in [-0.05, 0) is 64.7 Å². The number of pyridine rings is 1. The molecule has 0 aliphatic carbocycles. The second kappa shape index (κ2) is 11.3. The Morgan fingerprint density at radius 2 is 1.93 bits per heavy atom. The molecule has 0 radical (unpaired) electrons. The smallest absolute Gasteiger partial charge is 0.416 e. The predicted molar refractivity (Wildman–Crippen MR) is 106 cm³/mol. The maximum Gasteiger partial charge on any atom is 0.416 e. The molecule has 8 nitrogen and oxygen atoms in total. The van der Waals surface area contributed by atoms with Crippen molar-refractivity contribution in [3.05, 3.63) is 23.9 Å². The molecular formula is C20H31N3O5. The van der Waals surface area contributed by atoms with E-state index in [4.69, 9.17) is 14.6 Å². The number of anilines is 1. The normalized spacial score (nSPS) is 13.4. The molecule has 0 aromatic carbocycles. The average molecular weight is 393 g/mol. The number of carboxylic acid groups (broad SMARTS) is 1. The molecule has 8 heteroatoms. The fourth-order valence-corrected chi connectivity index (χ4v) is 2.80. The molecule has 156 valence electrons. The van der Waals surface area contributed by atoms with Crippen LogP contribution in [0.1, 0.15) is 52.0 Å². The zero-order valence-corrected chi connectivity index (χ0v) is 17.2. The zero-order valence-electron chi connectivity index (χ0n) is 17.2. The molecule has 1 fully saturated rings. The Labute approximate surface area is 166 Å². The van der Waals surface area contributed by atoms with Crippen LogP contribution in [0.15, 0.2) is 18.3 Å². The van der Waals surface area contributed by atoms with Gasteiger partial charge in [-0.15, -0.1) is 0 Å². The fraction of sp³-hybridized carbons (Fsp3) is 0.600. The number of nitrogens with zero attached hydrogens (tertiary/aromatic N) is 3. The van der Waals surface area contributed by atoms with Crippen molar-refractivity contribution in [2.24, 2.45) is 0 Å². The number of likely N-dealkylation sites (tertiary alicyclic amines) is 1. The van der Waals surface area contributed by atoms with Crippen LogP contribution in [0.25, 0.3) is 0 Å². The summed E-state index contributed by atoms with van der Waals surface area (Å²) in [4.78, 5) is 40.8. The van der Waals surface area contributed by atoms with Gasteiger partial charge in [0.1, 0.15) is 11.4 Å². The lowest BCUT2D eigenvalue weighted by atomic mass is 10.2. The third-order valence-electron chi connectivity index (χ3n) is 4.02. The van der Waals surface area contributed by atoms with Gasteiger partial charge in [0.05, 0.1) is 0 Å². The molecule has 1 aromatic heterocycles. The van der Waals surface area contributed by atoms with Crippen LogP contribution in [0.5, 0.6) is 0 Å². The molecule has 0 bridgehead atoms. The van der Waals surface area contributed by atoms with E-state index in [0.29, 0.717) is 25.2 Å². The Bertz CT molecular complexity index is 651. The zero-order chi connectivity index (χ0) is 21.2. The van der Waals surface area contributed by atoms with Gasteiger partial charge in [-0.3, -0.25) is 14.5 Å². The van der Waals surface area contributed by atoms with E-state index in [-0.39, 0.29) is 12.4 Å². The lowest BCUT2D eigenvalue weighted by Gasteiger charge is -2.27.